The van der Waals surface area contributed by atoms with Crippen LogP contribution in [0.1, 0.15) is 100 Å². The van der Waals surface area contributed by atoms with Crippen molar-refractivity contribution in [2.24, 2.45) is 16.9 Å². The number of amides is 1. The molecule has 0 radical (unpaired) electrons. The number of aromatic hydroxyl groups is 1. The minimum Gasteiger partial charge on any atom is -0.506 e. The first-order chi connectivity index (χ1) is 18.1. The number of aryl methyl sites for hydroxylation is 1. The van der Waals surface area contributed by atoms with Gasteiger partial charge in [0.2, 0.25) is 0 Å². The summed E-state index contributed by atoms with van der Waals surface area (Å²) >= 11 is 0. The van der Waals surface area contributed by atoms with Gasteiger partial charge >= 0.3 is 0 Å². The molecule has 7 nitrogen and oxygen atoms in total. The lowest BCUT2D eigenvalue weighted by molar-refractivity contribution is 0.0948. The predicted octanol–water partition coefficient (Wildman–Crippen LogP) is 6.20. The van der Waals surface area contributed by atoms with E-state index in [0.29, 0.717) is 24.1 Å². The maximum Gasteiger partial charge on any atom is 0.269 e. The number of nitrogens with zero attached hydrogens (tertiary/aromatic N) is 4. The van der Waals surface area contributed by atoms with Gasteiger partial charge < -0.3 is 10.4 Å². The van der Waals surface area contributed by atoms with Crippen LogP contribution in [0.2, 0.25) is 0 Å². The zero-order valence-corrected chi connectivity index (χ0v) is 22.9. The van der Waals surface area contributed by atoms with E-state index in [1.807, 2.05) is 52.8 Å². The Hall–Kier alpha value is -3.40. The Kier molecular flexibility index (Phi) is 10.1. The maximum absolute atomic E-state index is 12.4. The molecule has 3 aliphatic rings. The van der Waals surface area contributed by atoms with Crippen molar-refractivity contribution in [1.82, 2.24) is 10.3 Å². The number of hydrogen-bond donors (Lipinski definition) is 2. The number of carbonyl (C=O) groups is 1. The van der Waals surface area contributed by atoms with Gasteiger partial charge in [0.1, 0.15) is 17.5 Å². The van der Waals surface area contributed by atoms with Gasteiger partial charge in [0, 0.05) is 24.1 Å². The largest absolute Gasteiger partial charge is 0.506 e. The second-order valence-corrected chi connectivity index (χ2v) is 9.27. The summed E-state index contributed by atoms with van der Waals surface area (Å²) in [4.78, 5) is 17.1. The fraction of sp³-hybridized carbons (Fsp3) is 0.533. The lowest BCUT2D eigenvalue weighted by Crippen LogP contribution is -2.40. The average Bonchev–Trinajstić information content (AvgIpc) is 3.61. The summed E-state index contributed by atoms with van der Waals surface area (Å²) in [6, 6.07) is 11.3. The highest BCUT2D eigenvalue weighted by atomic mass is 16.3. The van der Waals surface area contributed by atoms with Gasteiger partial charge in [-0.15, -0.1) is 0 Å². The van der Waals surface area contributed by atoms with Gasteiger partial charge in [-0.25, -0.2) is 4.98 Å². The van der Waals surface area contributed by atoms with Gasteiger partial charge in [-0.05, 0) is 62.3 Å². The quantitative estimate of drug-likeness (QED) is 0.506. The van der Waals surface area contributed by atoms with Crippen molar-refractivity contribution in [3.63, 3.8) is 0 Å². The van der Waals surface area contributed by atoms with Crippen LogP contribution in [0.3, 0.4) is 0 Å². The van der Waals surface area contributed by atoms with E-state index in [9.17, 15) is 15.2 Å². The molecule has 1 aliphatic heterocycles. The third-order valence-corrected chi connectivity index (χ3v) is 7.22. The number of phenolic OH excluding ortho intramolecular Hbond substituents is 1. The van der Waals surface area contributed by atoms with Crippen molar-refractivity contribution in [3.05, 3.63) is 52.8 Å². The van der Waals surface area contributed by atoms with Gasteiger partial charge in [-0.3, -0.25) is 9.80 Å². The zero-order chi connectivity index (χ0) is 26.9. The van der Waals surface area contributed by atoms with Gasteiger partial charge in [0.25, 0.3) is 5.91 Å². The second kappa shape index (κ2) is 13.2. The van der Waals surface area contributed by atoms with Gasteiger partial charge in [0.05, 0.1) is 28.7 Å². The van der Waals surface area contributed by atoms with Crippen LogP contribution in [0.5, 0.6) is 5.75 Å². The van der Waals surface area contributed by atoms with Crippen molar-refractivity contribution in [2.75, 3.05) is 11.6 Å². The zero-order valence-electron chi connectivity index (χ0n) is 22.9. The van der Waals surface area contributed by atoms with Gasteiger partial charge in [0.15, 0.2) is 0 Å². The fourth-order valence-electron chi connectivity index (χ4n) is 5.64. The minimum atomic E-state index is -0.131. The molecule has 2 aliphatic carbocycles. The van der Waals surface area contributed by atoms with Crippen LogP contribution in [0.15, 0.2) is 35.4 Å². The number of pyridine rings is 1. The smallest absolute Gasteiger partial charge is 0.269 e. The number of rotatable bonds is 5. The molecule has 5 rings (SSSR count). The van der Waals surface area contributed by atoms with E-state index < -0.39 is 0 Å². The van der Waals surface area contributed by atoms with Crippen LogP contribution in [0.4, 0.5) is 5.69 Å². The highest BCUT2D eigenvalue weighted by Crippen LogP contribution is 2.45. The van der Waals surface area contributed by atoms with Gasteiger partial charge in [-0.2, -0.15) is 10.4 Å². The van der Waals surface area contributed by atoms with E-state index >= 15 is 0 Å². The molecule has 37 heavy (non-hydrogen) atoms. The topological polar surface area (TPSA) is 102 Å². The molecule has 2 unspecified atom stereocenters. The fourth-order valence-corrected chi connectivity index (χ4v) is 5.64. The number of anilines is 1. The number of benzene rings is 1. The van der Waals surface area contributed by atoms with Crippen LogP contribution in [-0.2, 0) is 6.42 Å². The molecule has 1 amide bonds. The molecule has 1 aromatic heterocycles. The van der Waals surface area contributed by atoms with Gasteiger partial charge in [-0.1, -0.05) is 47.5 Å². The Balaban J connectivity index is 0.000000907. The number of hydrogen-bond acceptors (Lipinski definition) is 6. The summed E-state index contributed by atoms with van der Waals surface area (Å²) in [5.41, 5.74) is 4.54. The van der Waals surface area contributed by atoms with E-state index in [-0.39, 0.29) is 23.3 Å². The van der Waals surface area contributed by atoms with Crippen LogP contribution in [0.25, 0.3) is 0 Å². The SMILES string of the molecule is CC.CC.CCCNC(=O)c1ccc2c(n1)CCC1C2=NN(c2ccc(C#N)c(O)c2)C1C1CCCC1. The van der Waals surface area contributed by atoms with Crippen LogP contribution >= 0.6 is 0 Å². The Morgan fingerprint density at radius 2 is 1.86 bits per heavy atom. The van der Waals surface area contributed by atoms with Crippen LogP contribution in [-0.4, -0.2) is 34.3 Å². The molecule has 198 valence electrons. The molecule has 0 saturated heterocycles. The summed E-state index contributed by atoms with van der Waals surface area (Å²) in [5.74, 6) is 0.691. The Bertz CT molecular complexity index is 1150. The Labute approximate surface area is 221 Å². The van der Waals surface area contributed by atoms with E-state index in [1.165, 1.54) is 25.7 Å². The summed E-state index contributed by atoms with van der Waals surface area (Å²) in [5, 5.41) is 29.6. The Morgan fingerprint density at radius 3 is 2.51 bits per heavy atom. The van der Waals surface area contributed by atoms with Crippen LogP contribution in [0, 0.1) is 23.2 Å². The number of hydrazone groups is 1. The lowest BCUT2D eigenvalue weighted by atomic mass is 9.76. The van der Waals surface area contributed by atoms with Crippen molar-refractivity contribution in [1.29, 1.82) is 5.26 Å². The lowest BCUT2D eigenvalue weighted by Gasteiger charge is -2.34. The number of aromatic nitrogens is 1. The number of phenols is 1. The van der Waals surface area contributed by atoms with E-state index in [1.54, 1.807) is 18.2 Å². The van der Waals surface area contributed by atoms with E-state index in [2.05, 4.69) is 10.3 Å². The van der Waals surface area contributed by atoms with Crippen molar-refractivity contribution < 1.29 is 9.90 Å². The predicted molar refractivity (Wildman–Crippen MR) is 149 cm³/mol. The number of nitriles is 1. The summed E-state index contributed by atoms with van der Waals surface area (Å²) in [6.07, 6.45) is 7.50. The van der Waals surface area contributed by atoms with Crippen LogP contribution < -0.4 is 10.3 Å². The normalized spacial score (nSPS) is 19.8. The monoisotopic (exact) mass is 503 g/mol. The molecule has 2 aromatic rings. The second-order valence-electron chi connectivity index (χ2n) is 9.27. The standard InChI is InChI=1S/C26H29N5O2.2C2H6/c1-2-13-28-26(33)22-12-9-19-21(29-22)11-10-20-24(19)30-31(25(20)16-5-3-4-6-16)18-8-7-17(15-27)23(32)14-18;2*1-2/h7-9,12,14,16,20,25,32H,2-6,10-11,13H2,1H3,(H,28,33);2*1-2H3. The molecular weight excluding hydrogens is 462 g/mol. The summed E-state index contributed by atoms with van der Waals surface area (Å²) < 4.78 is 0. The molecule has 2 heterocycles. The molecule has 1 saturated carbocycles. The molecule has 7 heteroatoms. The van der Waals surface area contributed by atoms with Crippen molar-refractivity contribution in [3.8, 4) is 11.8 Å². The maximum atomic E-state index is 12.4. The molecular formula is C30H41N5O2. The third-order valence-electron chi connectivity index (χ3n) is 7.22. The highest BCUT2D eigenvalue weighted by molar-refractivity contribution is 6.07. The Morgan fingerprint density at radius 1 is 1.14 bits per heavy atom. The first-order valence-electron chi connectivity index (χ1n) is 14.0. The molecule has 2 N–H and O–H groups in total. The molecule has 1 fully saturated rings. The molecule has 2 atom stereocenters. The number of nitrogens with one attached hydrogen (secondary N) is 1. The first-order valence-corrected chi connectivity index (χ1v) is 14.0. The molecule has 0 spiro atoms. The van der Waals surface area contributed by atoms with Crippen molar-refractivity contribution >= 4 is 17.3 Å². The summed E-state index contributed by atoms with van der Waals surface area (Å²) in [7, 11) is 0. The molecule has 1 aromatic carbocycles. The third kappa shape index (κ3) is 5.79. The average molecular weight is 504 g/mol. The summed E-state index contributed by atoms with van der Waals surface area (Å²) in [6.45, 7) is 10.7. The van der Waals surface area contributed by atoms with E-state index in [4.69, 9.17) is 10.1 Å². The van der Waals surface area contributed by atoms with E-state index in [0.717, 1.165) is 41.9 Å². The first kappa shape index (κ1) is 28.2. The minimum absolute atomic E-state index is 0.0138. The number of fused-ring (bicyclic) bond motifs is 3. The number of carbonyl (C=O) groups excluding carboxylic acids is 1. The highest BCUT2D eigenvalue weighted by Gasteiger charge is 2.46. The molecule has 0 bridgehead atoms. The van der Waals surface area contributed by atoms with Crippen molar-refractivity contribution in [2.45, 2.75) is 85.6 Å².